The Morgan fingerprint density at radius 3 is 1.46 bits per heavy atom. The summed E-state index contributed by atoms with van der Waals surface area (Å²) in [5, 5.41) is 0. The van der Waals surface area contributed by atoms with E-state index in [1.54, 1.807) is 12.1 Å². The molecule has 0 aliphatic carbocycles. The third kappa shape index (κ3) is 11.7. The van der Waals surface area contributed by atoms with E-state index in [4.69, 9.17) is 42.6 Å². The van der Waals surface area contributed by atoms with E-state index in [1.165, 1.54) is 30.8 Å². The Bertz CT molecular complexity index is 2260. The third-order valence-electron chi connectivity index (χ3n) is 10.6. The lowest BCUT2D eigenvalue weighted by molar-refractivity contribution is -0.339. The van der Waals surface area contributed by atoms with Gasteiger partial charge < -0.3 is 42.6 Å². The fourth-order valence-corrected chi connectivity index (χ4v) is 9.18. The number of ether oxygens (including phenoxy) is 9. The molecule has 342 valence electrons. The lowest BCUT2D eigenvalue weighted by Crippen LogP contribution is -2.69. The van der Waals surface area contributed by atoms with Crippen molar-refractivity contribution < 1.29 is 71.4 Å². The van der Waals surface area contributed by atoms with Gasteiger partial charge in [0.1, 0.15) is 29.8 Å². The Balaban J connectivity index is 1.32. The predicted molar refractivity (Wildman–Crippen MR) is 230 cm³/mol. The van der Waals surface area contributed by atoms with Crippen LogP contribution >= 0.6 is 11.8 Å². The number of carbonyl (C=O) groups excluding carboxylic acids is 6. The molecule has 0 aromatic heterocycles. The second kappa shape index (κ2) is 21.8. The van der Waals surface area contributed by atoms with Gasteiger partial charge in [-0.15, -0.1) is 0 Å². The Hall–Kier alpha value is -5.95. The van der Waals surface area contributed by atoms with Crippen LogP contribution in [0.15, 0.2) is 120 Å². The van der Waals surface area contributed by atoms with Gasteiger partial charge >= 0.3 is 23.9 Å². The third-order valence-corrected chi connectivity index (χ3v) is 11.8. The van der Waals surface area contributed by atoms with Gasteiger partial charge in [-0.05, 0) is 35.4 Å². The van der Waals surface area contributed by atoms with Crippen molar-refractivity contribution in [3.05, 3.63) is 138 Å². The summed E-state index contributed by atoms with van der Waals surface area (Å²) in [4.78, 5) is 82.1. The number of rotatable bonds is 17. The molecule has 4 aromatic rings. The van der Waals surface area contributed by atoms with Crippen molar-refractivity contribution in [2.75, 3.05) is 13.2 Å². The number of fused-ring (bicyclic) bond motifs is 1. The van der Waals surface area contributed by atoms with Crippen molar-refractivity contribution in [3.8, 4) is 0 Å². The molecule has 10 atom stereocenters. The minimum absolute atomic E-state index is 0.110. The second-order valence-electron chi connectivity index (χ2n) is 15.4. The van der Waals surface area contributed by atoms with Crippen molar-refractivity contribution in [3.63, 3.8) is 0 Å². The molecule has 4 aromatic carbocycles. The van der Waals surface area contributed by atoms with Gasteiger partial charge in [0.15, 0.2) is 30.7 Å². The summed E-state index contributed by atoms with van der Waals surface area (Å²) >= 11 is 1.19. The minimum Gasteiger partial charge on any atom is -0.457 e. The normalized spacial score (nSPS) is 26.2. The van der Waals surface area contributed by atoms with E-state index < -0.39 is 96.2 Å². The number of esters is 4. The first-order valence-electron chi connectivity index (χ1n) is 20.9. The van der Waals surface area contributed by atoms with Gasteiger partial charge in [-0.1, -0.05) is 103 Å². The SMILES string of the molecule is CC(=O)O[C@H]1[C@@H](OC(C)=O)[C@@H](COCc2ccccc2)O[C@@H](O[C@H]2[C@H](OC(C)=O)[C@@H](N3C(=O)c4ccccc4C3=O)[C@H](Sc3ccccc3)O[C@@H]2COCc2ccccc2)[C@@H]1OC(C)=O. The molecule has 17 heteroatoms. The molecule has 0 bridgehead atoms. The average Bonchev–Trinajstić information content (AvgIpc) is 3.52. The molecule has 7 rings (SSSR count). The Morgan fingerprint density at radius 2 is 0.954 bits per heavy atom. The number of imide groups is 1. The van der Waals surface area contributed by atoms with E-state index in [0.717, 1.165) is 36.8 Å². The Labute approximate surface area is 379 Å². The number of hydrogen-bond acceptors (Lipinski definition) is 16. The van der Waals surface area contributed by atoms with Crippen molar-refractivity contribution >= 4 is 47.5 Å². The number of nitrogens with zero attached hydrogens (tertiary/aromatic N) is 1. The molecule has 2 amide bonds. The average molecular weight is 912 g/mol. The highest BCUT2D eigenvalue weighted by atomic mass is 32.2. The summed E-state index contributed by atoms with van der Waals surface area (Å²) in [5.74, 6) is -4.52. The quantitative estimate of drug-likeness (QED) is 0.0740. The van der Waals surface area contributed by atoms with Crippen LogP contribution in [0.5, 0.6) is 0 Å². The van der Waals surface area contributed by atoms with E-state index in [0.29, 0.717) is 4.90 Å². The van der Waals surface area contributed by atoms with Gasteiger partial charge in [-0.25, -0.2) is 0 Å². The first-order valence-corrected chi connectivity index (χ1v) is 21.8. The molecule has 0 radical (unpaired) electrons. The van der Waals surface area contributed by atoms with Gasteiger partial charge in [-0.3, -0.25) is 33.7 Å². The number of amides is 2. The maximum Gasteiger partial charge on any atom is 0.303 e. The molecule has 0 spiro atoms. The monoisotopic (exact) mass is 911 g/mol. The van der Waals surface area contributed by atoms with Crippen molar-refractivity contribution in [1.29, 1.82) is 0 Å². The van der Waals surface area contributed by atoms with E-state index >= 15 is 0 Å². The molecule has 3 aliphatic heterocycles. The zero-order valence-corrected chi connectivity index (χ0v) is 36.9. The van der Waals surface area contributed by atoms with Crippen LogP contribution in [0, 0.1) is 0 Å². The summed E-state index contributed by atoms with van der Waals surface area (Å²) in [6.07, 6.45) is -11.6. The molecule has 65 heavy (non-hydrogen) atoms. The lowest BCUT2D eigenvalue weighted by Gasteiger charge is -2.50. The van der Waals surface area contributed by atoms with Crippen LogP contribution in [0.25, 0.3) is 0 Å². The zero-order chi connectivity index (χ0) is 46.0. The van der Waals surface area contributed by atoms with Gasteiger partial charge in [0.05, 0.1) is 37.6 Å². The Kier molecular flexibility index (Phi) is 15.8. The van der Waals surface area contributed by atoms with Gasteiger partial charge in [0, 0.05) is 32.6 Å². The fourth-order valence-electron chi connectivity index (χ4n) is 7.98. The van der Waals surface area contributed by atoms with Crippen molar-refractivity contribution in [2.24, 2.45) is 0 Å². The first kappa shape index (κ1) is 47.0. The predicted octanol–water partition coefficient (Wildman–Crippen LogP) is 5.44. The molecule has 0 saturated carbocycles. The topological polar surface area (TPSA) is 189 Å². The van der Waals surface area contributed by atoms with Crippen LogP contribution in [-0.4, -0.2) is 114 Å². The molecule has 3 heterocycles. The molecule has 0 unspecified atom stereocenters. The van der Waals surface area contributed by atoms with E-state index in [1.807, 2.05) is 91.0 Å². The molecule has 2 fully saturated rings. The molecule has 16 nitrogen and oxygen atoms in total. The summed E-state index contributed by atoms with van der Waals surface area (Å²) in [5.41, 5.74) is 0.836. The molecule has 2 saturated heterocycles. The van der Waals surface area contributed by atoms with Crippen LogP contribution < -0.4 is 0 Å². The zero-order valence-electron chi connectivity index (χ0n) is 36.1. The van der Waals surface area contributed by atoms with Crippen LogP contribution in [0.1, 0.15) is 59.5 Å². The second-order valence-corrected chi connectivity index (χ2v) is 16.6. The highest BCUT2D eigenvalue weighted by Crippen LogP contribution is 2.42. The first-order chi connectivity index (χ1) is 31.4. The maximum atomic E-state index is 14.4. The Morgan fingerprint density at radius 1 is 0.523 bits per heavy atom. The number of thioether (sulfide) groups is 1. The molecule has 3 aliphatic rings. The van der Waals surface area contributed by atoms with Crippen molar-refractivity contribution in [2.45, 2.75) is 106 Å². The van der Waals surface area contributed by atoms with Gasteiger partial charge in [0.2, 0.25) is 0 Å². The highest BCUT2D eigenvalue weighted by Gasteiger charge is 2.59. The van der Waals surface area contributed by atoms with Crippen LogP contribution in [0.2, 0.25) is 0 Å². The summed E-state index contributed by atoms with van der Waals surface area (Å²) in [6.45, 7) is 4.36. The standard InChI is InChI=1S/C48H49NO15S/c1-28(50)58-41-37(26-56-24-32-16-8-5-9-17-32)62-47(44(61-31(4)53)43(41)60-30(3)52)64-40-38(27-57-25-33-18-10-6-11-19-33)63-48(65-34-20-12-7-13-21-34)39(42(40)59-29(2)51)49-45(54)35-22-14-15-23-36(35)46(49)55/h5-23,37-44,47-48H,24-27H2,1-4H3/t37-,38-,39-,40-,41+,42-,43+,44-,47+,48+/m1/s1. The largest absolute Gasteiger partial charge is 0.457 e. The van der Waals surface area contributed by atoms with E-state index in [-0.39, 0.29) is 37.6 Å². The van der Waals surface area contributed by atoms with Crippen LogP contribution in [0.3, 0.4) is 0 Å². The highest BCUT2D eigenvalue weighted by molar-refractivity contribution is 7.99. The maximum absolute atomic E-state index is 14.4. The smallest absolute Gasteiger partial charge is 0.303 e. The molecular weight excluding hydrogens is 863 g/mol. The van der Waals surface area contributed by atoms with E-state index in [9.17, 15) is 28.8 Å². The van der Waals surface area contributed by atoms with Crippen LogP contribution in [0.4, 0.5) is 0 Å². The van der Waals surface area contributed by atoms with Gasteiger partial charge in [0.25, 0.3) is 11.8 Å². The van der Waals surface area contributed by atoms with E-state index in [2.05, 4.69) is 0 Å². The number of benzene rings is 4. The van der Waals surface area contributed by atoms with Gasteiger partial charge in [-0.2, -0.15) is 0 Å². The number of carbonyl (C=O) groups is 6. The summed E-state index contributed by atoms with van der Waals surface area (Å²) < 4.78 is 56.0. The molecular formula is C48H49NO15S. The summed E-state index contributed by atoms with van der Waals surface area (Å²) in [7, 11) is 0. The van der Waals surface area contributed by atoms with Crippen LogP contribution in [-0.2, 0) is 75.0 Å². The summed E-state index contributed by atoms with van der Waals surface area (Å²) in [6, 6.07) is 32.6. The molecule has 0 N–H and O–H groups in total. The lowest BCUT2D eigenvalue weighted by atomic mass is 9.94. The number of hydrogen-bond donors (Lipinski definition) is 0. The fraction of sp³-hybridized carbons (Fsp3) is 0.375. The van der Waals surface area contributed by atoms with Crippen molar-refractivity contribution in [1.82, 2.24) is 4.90 Å². The minimum atomic E-state index is -1.69.